The Kier molecular flexibility index (Phi) is 7.27. The fourth-order valence-electron chi connectivity index (χ4n) is 2.86. The number of carbonyl (C=O) groups excluding carboxylic acids is 1. The minimum atomic E-state index is -0.236. The van der Waals surface area contributed by atoms with E-state index in [0.717, 1.165) is 12.1 Å². The van der Waals surface area contributed by atoms with E-state index in [9.17, 15) is 4.79 Å². The zero-order chi connectivity index (χ0) is 21.0. The Bertz CT molecular complexity index is 973. The van der Waals surface area contributed by atoms with Crippen LogP contribution in [0.5, 0.6) is 0 Å². The van der Waals surface area contributed by atoms with E-state index in [0.29, 0.717) is 32.7 Å². The predicted molar refractivity (Wildman–Crippen MR) is 116 cm³/mol. The standard InChI is InChI=1S/C20H22Cl2N4O2S/c1-12(2)10-26-19(17-5-4-8-28-17)24-25-20(26)29-11-18(27)23-13(3)15-7-6-14(21)9-16(15)22/h4-9,12-13H,10-11H2,1-3H3,(H,23,27). The number of nitrogens with zero attached hydrogens (tertiary/aromatic N) is 3. The molecule has 2 aromatic heterocycles. The Hall–Kier alpha value is -1.96. The molecule has 1 amide bonds. The molecular formula is C20H22Cl2N4O2S. The number of halogens is 2. The Morgan fingerprint density at radius 1 is 1.24 bits per heavy atom. The lowest BCUT2D eigenvalue weighted by molar-refractivity contribution is -0.119. The molecule has 6 nitrogen and oxygen atoms in total. The van der Waals surface area contributed by atoms with Crippen LogP contribution in [-0.2, 0) is 11.3 Å². The van der Waals surface area contributed by atoms with Gasteiger partial charge in [0, 0.05) is 16.6 Å². The highest BCUT2D eigenvalue weighted by Crippen LogP contribution is 2.27. The smallest absolute Gasteiger partial charge is 0.230 e. The van der Waals surface area contributed by atoms with Crippen molar-refractivity contribution >= 4 is 40.9 Å². The number of carbonyl (C=O) groups is 1. The van der Waals surface area contributed by atoms with Crippen molar-refractivity contribution in [2.75, 3.05) is 5.75 Å². The summed E-state index contributed by atoms with van der Waals surface area (Å²) in [6, 6.07) is 8.66. The van der Waals surface area contributed by atoms with Gasteiger partial charge in [-0.05, 0) is 42.7 Å². The monoisotopic (exact) mass is 452 g/mol. The fraction of sp³-hybridized carbons (Fsp3) is 0.350. The SMILES string of the molecule is CC(C)Cn1c(SCC(=O)NC(C)c2ccc(Cl)cc2Cl)nnc1-c1ccco1. The van der Waals surface area contributed by atoms with Gasteiger partial charge in [-0.25, -0.2) is 0 Å². The first-order valence-corrected chi connectivity index (χ1v) is 10.9. The molecule has 0 aliphatic rings. The molecule has 0 aliphatic heterocycles. The molecule has 1 N–H and O–H groups in total. The van der Waals surface area contributed by atoms with Crippen molar-refractivity contribution in [1.29, 1.82) is 0 Å². The van der Waals surface area contributed by atoms with E-state index in [1.54, 1.807) is 18.4 Å². The van der Waals surface area contributed by atoms with Crippen LogP contribution in [0.3, 0.4) is 0 Å². The van der Waals surface area contributed by atoms with E-state index < -0.39 is 0 Å². The Balaban J connectivity index is 1.67. The maximum atomic E-state index is 12.5. The van der Waals surface area contributed by atoms with Crippen LogP contribution in [0, 0.1) is 5.92 Å². The molecule has 3 aromatic rings. The molecule has 9 heteroatoms. The number of hydrogen-bond donors (Lipinski definition) is 1. The highest BCUT2D eigenvalue weighted by atomic mass is 35.5. The summed E-state index contributed by atoms with van der Waals surface area (Å²) in [5, 5.41) is 13.2. The molecule has 0 saturated heterocycles. The van der Waals surface area contributed by atoms with E-state index in [2.05, 4.69) is 29.4 Å². The lowest BCUT2D eigenvalue weighted by Gasteiger charge is -2.16. The van der Waals surface area contributed by atoms with Gasteiger partial charge in [-0.1, -0.05) is 54.9 Å². The fourth-order valence-corrected chi connectivity index (χ4v) is 4.19. The summed E-state index contributed by atoms with van der Waals surface area (Å²) >= 11 is 13.5. The summed E-state index contributed by atoms with van der Waals surface area (Å²) in [6.45, 7) is 6.84. The van der Waals surface area contributed by atoms with Gasteiger partial charge in [0.15, 0.2) is 16.7 Å². The minimum absolute atomic E-state index is 0.118. The molecule has 2 heterocycles. The largest absolute Gasteiger partial charge is 0.461 e. The molecule has 0 bridgehead atoms. The van der Waals surface area contributed by atoms with Crippen LogP contribution < -0.4 is 5.32 Å². The van der Waals surface area contributed by atoms with Crippen molar-refractivity contribution in [2.24, 2.45) is 5.92 Å². The second-order valence-electron chi connectivity index (χ2n) is 7.03. The van der Waals surface area contributed by atoms with Gasteiger partial charge in [0.1, 0.15) is 0 Å². The molecule has 1 aromatic carbocycles. The number of nitrogens with one attached hydrogen (secondary N) is 1. The Morgan fingerprint density at radius 2 is 2.03 bits per heavy atom. The van der Waals surface area contributed by atoms with Crippen LogP contribution in [-0.4, -0.2) is 26.4 Å². The summed E-state index contributed by atoms with van der Waals surface area (Å²) in [5.41, 5.74) is 0.817. The number of aromatic nitrogens is 3. The highest BCUT2D eigenvalue weighted by molar-refractivity contribution is 7.99. The molecule has 0 saturated carbocycles. The molecule has 1 atom stereocenters. The lowest BCUT2D eigenvalue weighted by Crippen LogP contribution is -2.28. The zero-order valence-electron chi connectivity index (χ0n) is 16.4. The van der Waals surface area contributed by atoms with Gasteiger partial charge in [-0.3, -0.25) is 9.36 Å². The van der Waals surface area contributed by atoms with Gasteiger partial charge in [0.25, 0.3) is 0 Å². The minimum Gasteiger partial charge on any atom is -0.461 e. The van der Waals surface area contributed by atoms with Crippen LogP contribution >= 0.6 is 35.0 Å². The first-order chi connectivity index (χ1) is 13.8. The molecular weight excluding hydrogens is 431 g/mol. The Morgan fingerprint density at radius 3 is 2.69 bits per heavy atom. The second kappa shape index (κ2) is 9.69. The van der Waals surface area contributed by atoms with E-state index >= 15 is 0 Å². The molecule has 0 spiro atoms. The van der Waals surface area contributed by atoms with Crippen LogP contribution in [0.25, 0.3) is 11.6 Å². The van der Waals surface area contributed by atoms with Crippen molar-refractivity contribution in [2.45, 2.75) is 38.5 Å². The summed E-state index contributed by atoms with van der Waals surface area (Å²) in [5.74, 6) is 1.80. The summed E-state index contributed by atoms with van der Waals surface area (Å²) in [6.07, 6.45) is 1.60. The molecule has 0 fully saturated rings. The number of hydrogen-bond acceptors (Lipinski definition) is 5. The quantitative estimate of drug-likeness (QED) is 0.458. The van der Waals surface area contributed by atoms with E-state index in [1.807, 2.05) is 29.7 Å². The molecule has 29 heavy (non-hydrogen) atoms. The normalized spacial score (nSPS) is 12.3. The topological polar surface area (TPSA) is 73.0 Å². The second-order valence-corrected chi connectivity index (χ2v) is 8.82. The molecule has 0 radical (unpaired) electrons. The maximum absolute atomic E-state index is 12.5. The summed E-state index contributed by atoms with van der Waals surface area (Å²) in [7, 11) is 0. The molecule has 3 rings (SSSR count). The van der Waals surface area contributed by atoms with Gasteiger partial charge >= 0.3 is 0 Å². The molecule has 154 valence electrons. The van der Waals surface area contributed by atoms with Crippen LogP contribution in [0.1, 0.15) is 32.4 Å². The third-order valence-electron chi connectivity index (χ3n) is 4.14. The summed E-state index contributed by atoms with van der Waals surface area (Å²) < 4.78 is 7.46. The van der Waals surface area contributed by atoms with Crippen molar-refractivity contribution in [3.63, 3.8) is 0 Å². The van der Waals surface area contributed by atoms with E-state index in [-0.39, 0.29) is 17.7 Å². The van der Waals surface area contributed by atoms with Crippen LogP contribution in [0.4, 0.5) is 0 Å². The third-order valence-corrected chi connectivity index (χ3v) is 5.67. The van der Waals surface area contributed by atoms with E-state index in [1.165, 1.54) is 11.8 Å². The van der Waals surface area contributed by atoms with Crippen molar-refractivity contribution in [1.82, 2.24) is 20.1 Å². The maximum Gasteiger partial charge on any atom is 0.230 e. The number of amides is 1. The number of thioether (sulfide) groups is 1. The van der Waals surface area contributed by atoms with E-state index in [4.69, 9.17) is 27.6 Å². The van der Waals surface area contributed by atoms with Crippen molar-refractivity contribution in [3.05, 3.63) is 52.2 Å². The highest BCUT2D eigenvalue weighted by Gasteiger charge is 2.19. The number of rotatable bonds is 8. The van der Waals surface area contributed by atoms with Crippen LogP contribution in [0.15, 0.2) is 46.2 Å². The number of furan rings is 1. The van der Waals surface area contributed by atoms with Crippen molar-refractivity contribution < 1.29 is 9.21 Å². The van der Waals surface area contributed by atoms with Gasteiger partial charge in [0.2, 0.25) is 5.91 Å². The van der Waals surface area contributed by atoms with Crippen LogP contribution in [0.2, 0.25) is 10.0 Å². The zero-order valence-corrected chi connectivity index (χ0v) is 18.7. The number of benzene rings is 1. The molecule has 0 aliphatic carbocycles. The average Bonchev–Trinajstić information content (AvgIpc) is 3.29. The van der Waals surface area contributed by atoms with Gasteiger partial charge < -0.3 is 9.73 Å². The Labute approximate surface area is 184 Å². The van der Waals surface area contributed by atoms with Gasteiger partial charge in [-0.15, -0.1) is 10.2 Å². The first-order valence-electron chi connectivity index (χ1n) is 9.19. The first kappa shape index (κ1) is 21.7. The average molecular weight is 453 g/mol. The molecule has 1 unspecified atom stereocenters. The lowest BCUT2D eigenvalue weighted by atomic mass is 10.1. The predicted octanol–water partition coefficient (Wildman–Crippen LogP) is 5.47. The van der Waals surface area contributed by atoms with Crippen molar-refractivity contribution in [3.8, 4) is 11.6 Å². The summed E-state index contributed by atoms with van der Waals surface area (Å²) in [4.78, 5) is 12.5. The van der Waals surface area contributed by atoms with Gasteiger partial charge in [-0.2, -0.15) is 0 Å². The third kappa shape index (κ3) is 5.56. The van der Waals surface area contributed by atoms with Gasteiger partial charge in [0.05, 0.1) is 18.1 Å².